The van der Waals surface area contributed by atoms with E-state index in [0.29, 0.717) is 5.56 Å². The number of hydrogen-bond donors (Lipinski definition) is 0. The smallest absolute Gasteiger partial charge is 0.235 e. The van der Waals surface area contributed by atoms with Gasteiger partial charge in [0, 0.05) is 10.0 Å². The number of hydrogen-bond acceptors (Lipinski definition) is 1. The normalized spacial score (nSPS) is 11.4. The fraction of sp³-hybridized carbons (Fsp3) is 0.182. The average molecular weight is 255 g/mol. The first-order valence-electron chi connectivity index (χ1n) is 4.05. The van der Waals surface area contributed by atoms with Crippen LogP contribution in [0.25, 0.3) is 0 Å². The molecule has 1 rings (SSSR count). The maximum Gasteiger partial charge on any atom is 0.235 e. The number of rotatable bonds is 1. The second kappa shape index (κ2) is 4.92. The van der Waals surface area contributed by atoms with Crippen LogP contribution in [0.4, 0.5) is 4.39 Å². The van der Waals surface area contributed by atoms with E-state index in [4.69, 9.17) is 0 Å². The van der Waals surface area contributed by atoms with Crippen molar-refractivity contribution in [2.75, 3.05) is 0 Å². The summed E-state index contributed by atoms with van der Waals surface area (Å²) in [5, 5.41) is 0. The van der Waals surface area contributed by atoms with Crippen molar-refractivity contribution in [3.05, 3.63) is 34.3 Å². The van der Waals surface area contributed by atoms with E-state index in [1.54, 1.807) is 24.3 Å². The lowest BCUT2D eigenvalue weighted by molar-refractivity contribution is 0.105. The highest BCUT2D eigenvalue weighted by Gasteiger charge is 2.01. The molecule has 0 saturated carbocycles. The first-order valence-corrected chi connectivity index (χ1v) is 4.84. The Balaban J connectivity index is 2.82. The third-order valence-corrected chi connectivity index (χ3v) is 2.02. The second-order valence-corrected chi connectivity index (χ2v) is 3.64. The molecule has 0 aromatic heterocycles. The number of alkyl halides is 1. The van der Waals surface area contributed by atoms with E-state index >= 15 is 0 Å². The Morgan fingerprint density at radius 2 is 2.00 bits per heavy atom. The molecule has 0 aliphatic carbocycles. The van der Waals surface area contributed by atoms with Crippen molar-refractivity contribution < 1.29 is 9.18 Å². The minimum absolute atomic E-state index is 0.359. The zero-order valence-corrected chi connectivity index (χ0v) is 9.14. The summed E-state index contributed by atoms with van der Waals surface area (Å²) in [6.45, 7) is 1.29. The van der Waals surface area contributed by atoms with Crippen molar-refractivity contribution in [1.82, 2.24) is 0 Å². The molecule has 0 radical (unpaired) electrons. The van der Waals surface area contributed by atoms with Gasteiger partial charge in [-0.25, -0.2) is 4.39 Å². The van der Waals surface area contributed by atoms with Gasteiger partial charge in [0.15, 0.2) is 6.17 Å². The highest BCUT2D eigenvalue weighted by atomic mass is 79.9. The van der Waals surface area contributed by atoms with E-state index in [-0.39, 0.29) is 5.78 Å². The first-order chi connectivity index (χ1) is 6.59. The maximum atomic E-state index is 12.3. The van der Waals surface area contributed by atoms with Crippen molar-refractivity contribution in [3.8, 4) is 11.8 Å². The molecular formula is C11H8BrFO. The molecule has 0 fully saturated rings. The molecule has 14 heavy (non-hydrogen) atoms. The number of Topliss-reactive ketones (excluding diaryl/α,β-unsaturated/α-hetero) is 1. The lowest BCUT2D eigenvalue weighted by atomic mass is 10.1. The zero-order chi connectivity index (χ0) is 10.6. The lowest BCUT2D eigenvalue weighted by Gasteiger charge is -1.93. The molecule has 1 aromatic rings. The molecular weight excluding hydrogens is 247 g/mol. The van der Waals surface area contributed by atoms with Gasteiger partial charge in [0.05, 0.1) is 0 Å². The van der Waals surface area contributed by atoms with Gasteiger partial charge in [0.1, 0.15) is 0 Å². The van der Waals surface area contributed by atoms with Crippen molar-refractivity contribution >= 4 is 21.7 Å². The van der Waals surface area contributed by atoms with Gasteiger partial charge >= 0.3 is 0 Å². The summed E-state index contributed by atoms with van der Waals surface area (Å²) in [4.78, 5) is 11.3. The molecule has 1 unspecified atom stereocenters. The van der Waals surface area contributed by atoms with E-state index in [0.717, 1.165) is 4.47 Å². The van der Waals surface area contributed by atoms with E-state index in [9.17, 15) is 9.18 Å². The Morgan fingerprint density at radius 1 is 1.43 bits per heavy atom. The van der Waals surface area contributed by atoms with E-state index < -0.39 is 6.17 Å². The predicted octanol–water partition coefficient (Wildman–Crippen LogP) is 2.99. The van der Waals surface area contributed by atoms with Crippen molar-refractivity contribution in [2.24, 2.45) is 0 Å². The van der Waals surface area contributed by atoms with Crippen LogP contribution >= 0.6 is 15.9 Å². The number of carbonyl (C=O) groups excluding carboxylic acids is 1. The Hall–Kier alpha value is -1.14. The van der Waals surface area contributed by atoms with E-state index in [1.165, 1.54) is 6.92 Å². The highest BCUT2D eigenvalue weighted by molar-refractivity contribution is 9.10. The van der Waals surface area contributed by atoms with Gasteiger partial charge in [-0.3, -0.25) is 4.79 Å². The summed E-state index contributed by atoms with van der Waals surface area (Å²) in [6, 6.07) is 6.77. The number of carbonyl (C=O) groups is 1. The summed E-state index contributed by atoms with van der Waals surface area (Å²) >= 11 is 3.25. The molecule has 0 aliphatic rings. The topological polar surface area (TPSA) is 17.1 Å². The summed E-state index contributed by atoms with van der Waals surface area (Å²) < 4.78 is 13.2. The van der Waals surface area contributed by atoms with Crippen LogP contribution < -0.4 is 0 Å². The molecule has 3 heteroatoms. The highest BCUT2D eigenvalue weighted by Crippen LogP contribution is 2.10. The number of halogens is 2. The van der Waals surface area contributed by atoms with Crippen LogP contribution in [0.5, 0.6) is 0 Å². The van der Waals surface area contributed by atoms with Crippen molar-refractivity contribution in [3.63, 3.8) is 0 Å². The minimum Gasteiger partial charge on any atom is -0.279 e. The molecule has 0 heterocycles. The Kier molecular flexibility index (Phi) is 3.84. The molecule has 1 nitrogen and oxygen atoms in total. The van der Waals surface area contributed by atoms with Crippen LogP contribution in [0.2, 0.25) is 0 Å². The largest absolute Gasteiger partial charge is 0.279 e. The average Bonchev–Trinajstić information content (AvgIpc) is 2.15. The molecule has 0 saturated heterocycles. The van der Waals surface area contributed by atoms with Crippen LogP contribution in [0.3, 0.4) is 0 Å². The van der Waals surface area contributed by atoms with Crippen LogP contribution in [0.1, 0.15) is 17.3 Å². The molecule has 1 aromatic carbocycles. The Labute approximate surface area is 90.4 Å². The Morgan fingerprint density at radius 3 is 2.50 bits per heavy atom. The summed E-state index contributed by atoms with van der Waals surface area (Å²) in [6.07, 6.45) is -1.27. The SMILES string of the molecule is CC(F)C#CC(=O)c1ccc(Br)cc1. The third kappa shape index (κ3) is 3.31. The summed E-state index contributed by atoms with van der Waals surface area (Å²) in [7, 11) is 0. The Bertz CT molecular complexity index is 384. The first kappa shape index (κ1) is 10.9. The molecule has 1 atom stereocenters. The van der Waals surface area contributed by atoms with E-state index in [1.807, 2.05) is 0 Å². The molecule has 0 N–H and O–H groups in total. The number of benzene rings is 1. The van der Waals surface area contributed by atoms with Crippen LogP contribution in [-0.4, -0.2) is 12.0 Å². The van der Waals surface area contributed by atoms with Gasteiger partial charge in [-0.1, -0.05) is 21.9 Å². The zero-order valence-electron chi connectivity index (χ0n) is 7.55. The minimum atomic E-state index is -1.27. The van der Waals surface area contributed by atoms with Gasteiger partial charge in [-0.05, 0) is 37.1 Å². The summed E-state index contributed by atoms with van der Waals surface area (Å²) in [5.74, 6) is 4.06. The lowest BCUT2D eigenvalue weighted by Crippen LogP contribution is -1.96. The summed E-state index contributed by atoms with van der Waals surface area (Å²) in [5.41, 5.74) is 0.473. The maximum absolute atomic E-state index is 12.3. The van der Waals surface area contributed by atoms with Crippen molar-refractivity contribution in [1.29, 1.82) is 0 Å². The van der Waals surface area contributed by atoms with Crippen LogP contribution in [0, 0.1) is 11.8 Å². The third-order valence-electron chi connectivity index (χ3n) is 1.49. The monoisotopic (exact) mass is 254 g/mol. The second-order valence-electron chi connectivity index (χ2n) is 2.72. The van der Waals surface area contributed by atoms with Gasteiger partial charge in [-0.2, -0.15) is 0 Å². The van der Waals surface area contributed by atoms with Gasteiger partial charge in [0.25, 0.3) is 0 Å². The quantitative estimate of drug-likeness (QED) is 0.428. The van der Waals surface area contributed by atoms with Crippen molar-refractivity contribution in [2.45, 2.75) is 13.1 Å². The molecule has 0 amide bonds. The number of ketones is 1. The van der Waals surface area contributed by atoms with Gasteiger partial charge < -0.3 is 0 Å². The van der Waals surface area contributed by atoms with Crippen LogP contribution in [0.15, 0.2) is 28.7 Å². The van der Waals surface area contributed by atoms with E-state index in [2.05, 4.69) is 27.8 Å². The van der Waals surface area contributed by atoms with Crippen LogP contribution in [-0.2, 0) is 0 Å². The van der Waals surface area contributed by atoms with Gasteiger partial charge in [-0.15, -0.1) is 0 Å². The molecule has 72 valence electrons. The molecule has 0 spiro atoms. The predicted molar refractivity (Wildman–Crippen MR) is 56.8 cm³/mol. The van der Waals surface area contributed by atoms with Gasteiger partial charge in [0.2, 0.25) is 5.78 Å². The molecule has 0 bridgehead atoms. The fourth-order valence-corrected chi connectivity index (χ4v) is 1.10. The fourth-order valence-electron chi connectivity index (χ4n) is 0.838. The molecule has 0 aliphatic heterocycles. The standard InChI is InChI=1S/C11H8BrFO/c1-8(13)2-7-11(14)9-3-5-10(12)6-4-9/h3-6,8H,1H3.